The molecule has 3 nitrogen and oxygen atoms in total. The highest BCUT2D eigenvalue weighted by atomic mass is 32.1. The van der Waals surface area contributed by atoms with Crippen LogP contribution < -0.4 is 5.32 Å². The van der Waals surface area contributed by atoms with Crippen LogP contribution in [0.3, 0.4) is 0 Å². The number of nitrogens with one attached hydrogen (secondary N) is 1. The van der Waals surface area contributed by atoms with Gasteiger partial charge >= 0.3 is 0 Å². The van der Waals surface area contributed by atoms with Crippen LogP contribution in [0, 0.1) is 0 Å². The molecule has 1 heterocycles. The molecule has 0 aliphatic carbocycles. The van der Waals surface area contributed by atoms with Crippen LogP contribution in [-0.4, -0.2) is 10.9 Å². The Bertz CT molecular complexity index is 897. The Morgan fingerprint density at radius 3 is 2.65 bits per heavy atom. The molecule has 0 aliphatic rings. The number of carbonyl (C=O) groups excluding carboxylic acids is 1. The summed E-state index contributed by atoms with van der Waals surface area (Å²) >= 11 is 1.65. The Labute approximate surface area is 158 Å². The second kappa shape index (κ2) is 8.59. The van der Waals surface area contributed by atoms with E-state index in [1.807, 2.05) is 66.7 Å². The summed E-state index contributed by atoms with van der Waals surface area (Å²) in [5.41, 5.74) is 3.96. The molecule has 0 atom stereocenters. The van der Waals surface area contributed by atoms with E-state index in [0.717, 1.165) is 27.5 Å². The fraction of sp³-hybridized carbons (Fsp3) is 0.182. The smallest absolute Gasteiger partial charge is 0.228 e. The molecule has 0 radical (unpaired) electrons. The molecule has 132 valence electrons. The van der Waals surface area contributed by atoms with Crippen molar-refractivity contribution in [1.82, 2.24) is 4.98 Å². The van der Waals surface area contributed by atoms with E-state index in [1.54, 1.807) is 11.3 Å². The fourth-order valence-corrected chi connectivity index (χ4v) is 3.39. The number of hydrogen-bond donors (Lipinski definition) is 1. The number of aromatic nitrogens is 1. The van der Waals surface area contributed by atoms with Crippen molar-refractivity contribution >= 4 is 35.1 Å². The van der Waals surface area contributed by atoms with Crippen LogP contribution in [0.4, 0.5) is 5.69 Å². The first-order valence-corrected chi connectivity index (χ1v) is 9.55. The molecular weight excluding hydrogens is 340 g/mol. The number of carbonyl (C=O) groups is 1. The van der Waals surface area contributed by atoms with E-state index >= 15 is 0 Å². The van der Waals surface area contributed by atoms with Gasteiger partial charge in [0.15, 0.2) is 0 Å². The maximum atomic E-state index is 12.2. The Balaban J connectivity index is 1.64. The standard InChI is InChI=1S/C22H22N2OS/c1-16(2)20-15-26-22(24-20)12-11-18-9-6-10-19(13-18)23-21(25)14-17-7-4-3-5-8-17/h3-13,15-16H,14H2,1-2H3,(H,23,25). The monoisotopic (exact) mass is 362 g/mol. The van der Waals surface area contributed by atoms with E-state index in [-0.39, 0.29) is 5.91 Å². The van der Waals surface area contributed by atoms with Gasteiger partial charge in [-0.05, 0) is 35.3 Å². The molecule has 3 aromatic rings. The summed E-state index contributed by atoms with van der Waals surface area (Å²) in [4.78, 5) is 16.8. The number of anilines is 1. The van der Waals surface area contributed by atoms with Gasteiger partial charge in [-0.25, -0.2) is 4.98 Å². The van der Waals surface area contributed by atoms with Crippen molar-refractivity contribution < 1.29 is 4.79 Å². The third kappa shape index (κ3) is 5.14. The third-order valence-electron chi connectivity index (χ3n) is 3.93. The zero-order chi connectivity index (χ0) is 18.4. The predicted octanol–water partition coefficient (Wildman–Crippen LogP) is 5.62. The lowest BCUT2D eigenvalue weighted by atomic mass is 10.1. The molecule has 0 aliphatic heterocycles. The topological polar surface area (TPSA) is 42.0 Å². The largest absolute Gasteiger partial charge is 0.326 e. The highest BCUT2D eigenvalue weighted by Crippen LogP contribution is 2.20. The summed E-state index contributed by atoms with van der Waals surface area (Å²) in [7, 11) is 0. The number of nitrogens with zero attached hydrogens (tertiary/aromatic N) is 1. The molecule has 0 fully saturated rings. The Kier molecular flexibility index (Phi) is 5.97. The molecule has 0 saturated carbocycles. The van der Waals surface area contributed by atoms with Crippen LogP contribution in [0.25, 0.3) is 12.2 Å². The summed E-state index contributed by atoms with van der Waals surface area (Å²) in [5, 5.41) is 6.06. The third-order valence-corrected chi connectivity index (χ3v) is 4.76. The quantitative estimate of drug-likeness (QED) is 0.618. The van der Waals surface area contributed by atoms with E-state index < -0.39 is 0 Å². The number of amides is 1. The SMILES string of the molecule is CC(C)c1csc(C=Cc2cccc(NC(=O)Cc3ccccc3)c2)n1. The van der Waals surface area contributed by atoms with Crippen molar-refractivity contribution in [3.8, 4) is 0 Å². The lowest BCUT2D eigenvalue weighted by molar-refractivity contribution is -0.115. The van der Waals surface area contributed by atoms with Gasteiger partial charge in [0, 0.05) is 11.1 Å². The Morgan fingerprint density at radius 2 is 1.92 bits per heavy atom. The Hall–Kier alpha value is -2.72. The number of rotatable bonds is 6. The molecule has 26 heavy (non-hydrogen) atoms. The zero-order valence-electron chi connectivity index (χ0n) is 15.0. The van der Waals surface area contributed by atoms with E-state index in [2.05, 4.69) is 29.5 Å². The van der Waals surface area contributed by atoms with Gasteiger partial charge < -0.3 is 5.32 Å². The molecule has 2 aromatic carbocycles. The van der Waals surface area contributed by atoms with Crippen molar-refractivity contribution in [2.45, 2.75) is 26.2 Å². The molecule has 1 aromatic heterocycles. The highest BCUT2D eigenvalue weighted by molar-refractivity contribution is 7.10. The van der Waals surface area contributed by atoms with Crippen LogP contribution in [0.15, 0.2) is 60.0 Å². The molecule has 4 heteroatoms. The van der Waals surface area contributed by atoms with Crippen molar-refractivity contribution in [3.63, 3.8) is 0 Å². The second-order valence-electron chi connectivity index (χ2n) is 6.43. The average molecular weight is 362 g/mol. The van der Waals surface area contributed by atoms with Gasteiger partial charge in [-0.1, -0.05) is 62.4 Å². The molecule has 3 rings (SSSR count). The van der Waals surface area contributed by atoms with Crippen molar-refractivity contribution in [2.75, 3.05) is 5.32 Å². The van der Waals surface area contributed by atoms with E-state index in [4.69, 9.17) is 0 Å². The highest BCUT2D eigenvalue weighted by Gasteiger charge is 2.05. The summed E-state index contributed by atoms with van der Waals surface area (Å²) < 4.78 is 0. The summed E-state index contributed by atoms with van der Waals surface area (Å²) in [6.07, 6.45) is 4.41. The minimum atomic E-state index is -0.0150. The molecule has 1 amide bonds. The fourth-order valence-electron chi connectivity index (χ4n) is 2.52. The van der Waals surface area contributed by atoms with Crippen molar-refractivity contribution in [2.24, 2.45) is 0 Å². The van der Waals surface area contributed by atoms with Crippen LogP contribution in [-0.2, 0) is 11.2 Å². The van der Waals surface area contributed by atoms with Gasteiger partial charge in [0.25, 0.3) is 0 Å². The maximum Gasteiger partial charge on any atom is 0.228 e. The normalized spacial score (nSPS) is 11.2. The molecule has 0 bridgehead atoms. The number of benzene rings is 2. The van der Waals surface area contributed by atoms with E-state index in [0.29, 0.717) is 12.3 Å². The summed E-state index contributed by atoms with van der Waals surface area (Å²) in [6.45, 7) is 4.29. The van der Waals surface area contributed by atoms with Crippen LogP contribution in [0.2, 0.25) is 0 Å². The van der Waals surface area contributed by atoms with Gasteiger partial charge in [0.1, 0.15) is 5.01 Å². The van der Waals surface area contributed by atoms with Gasteiger partial charge in [0.05, 0.1) is 12.1 Å². The zero-order valence-corrected chi connectivity index (χ0v) is 15.8. The Morgan fingerprint density at radius 1 is 1.12 bits per heavy atom. The summed E-state index contributed by atoms with van der Waals surface area (Å²) in [6, 6.07) is 17.6. The molecule has 0 spiro atoms. The first-order valence-electron chi connectivity index (χ1n) is 8.67. The molecule has 1 N–H and O–H groups in total. The van der Waals surface area contributed by atoms with Crippen LogP contribution in [0.1, 0.15) is 41.6 Å². The van der Waals surface area contributed by atoms with Gasteiger partial charge in [-0.2, -0.15) is 0 Å². The second-order valence-corrected chi connectivity index (χ2v) is 7.32. The molecular formula is C22H22N2OS. The molecule has 0 saturated heterocycles. The van der Waals surface area contributed by atoms with Crippen LogP contribution in [0.5, 0.6) is 0 Å². The average Bonchev–Trinajstić information content (AvgIpc) is 3.10. The minimum absolute atomic E-state index is 0.0150. The van der Waals surface area contributed by atoms with Gasteiger partial charge in [0.2, 0.25) is 5.91 Å². The predicted molar refractivity (Wildman–Crippen MR) is 110 cm³/mol. The van der Waals surface area contributed by atoms with Gasteiger partial charge in [-0.3, -0.25) is 4.79 Å². The first kappa shape index (κ1) is 18.1. The maximum absolute atomic E-state index is 12.2. The van der Waals surface area contributed by atoms with Crippen LogP contribution >= 0.6 is 11.3 Å². The lowest BCUT2D eigenvalue weighted by Gasteiger charge is -2.06. The van der Waals surface area contributed by atoms with Crippen molar-refractivity contribution in [1.29, 1.82) is 0 Å². The lowest BCUT2D eigenvalue weighted by Crippen LogP contribution is -2.14. The minimum Gasteiger partial charge on any atom is -0.326 e. The molecule has 0 unspecified atom stereocenters. The first-order chi connectivity index (χ1) is 12.6. The number of hydrogen-bond acceptors (Lipinski definition) is 3. The number of thiazole rings is 1. The van der Waals surface area contributed by atoms with Gasteiger partial charge in [-0.15, -0.1) is 11.3 Å². The van der Waals surface area contributed by atoms with E-state index in [9.17, 15) is 4.79 Å². The summed E-state index contributed by atoms with van der Waals surface area (Å²) in [5.74, 6) is 0.426. The van der Waals surface area contributed by atoms with Crippen molar-refractivity contribution in [3.05, 3.63) is 81.8 Å². The van der Waals surface area contributed by atoms with E-state index in [1.165, 1.54) is 0 Å².